The number of carbonyl (C=O) groups excluding carboxylic acids is 1. The number of hydrogen-bond acceptors (Lipinski definition) is 3. The molecule has 1 aromatic carbocycles. The van der Waals surface area contributed by atoms with Gasteiger partial charge in [-0.1, -0.05) is 37.1 Å². The van der Waals surface area contributed by atoms with Crippen molar-refractivity contribution in [2.45, 2.75) is 82.5 Å². The number of rotatable bonds is 6. The third-order valence-corrected chi connectivity index (χ3v) is 5.65. The van der Waals surface area contributed by atoms with Crippen molar-refractivity contribution in [3.05, 3.63) is 35.4 Å². The minimum absolute atomic E-state index is 0.103. The molecule has 0 aromatic heterocycles. The maximum atomic E-state index is 12.1. The molecule has 0 spiro atoms. The second-order valence-electron chi connectivity index (χ2n) is 7.58. The van der Waals surface area contributed by atoms with E-state index < -0.39 is 0 Å². The van der Waals surface area contributed by atoms with Crippen molar-refractivity contribution in [2.24, 2.45) is 0 Å². The SMILES string of the molecule is O=C(NCc1cccc(COC2CCCC2)c1)N[C@H]1C[C@H]2CC[C@H]1O2. The molecule has 5 nitrogen and oxygen atoms in total. The topological polar surface area (TPSA) is 59.6 Å². The molecule has 2 bridgehead atoms. The Morgan fingerprint density at radius 1 is 1.16 bits per heavy atom. The molecule has 1 aromatic rings. The van der Waals surface area contributed by atoms with Crippen LogP contribution in [-0.4, -0.2) is 30.4 Å². The summed E-state index contributed by atoms with van der Waals surface area (Å²) in [6.07, 6.45) is 9.11. The molecule has 2 saturated heterocycles. The van der Waals surface area contributed by atoms with Gasteiger partial charge in [-0.3, -0.25) is 0 Å². The van der Waals surface area contributed by atoms with Crippen LogP contribution in [0.5, 0.6) is 0 Å². The molecular weight excluding hydrogens is 316 g/mol. The van der Waals surface area contributed by atoms with Gasteiger partial charge < -0.3 is 20.1 Å². The van der Waals surface area contributed by atoms with Crippen LogP contribution >= 0.6 is 0 Å². The van der Waals surface area contributed by atoms with E-state index in [2.05, 4.69) is 22.8 Å². The van der Waals surface area contributed by atoms with E-state index in [0.717, 1.165) is 24.8 Å². The minimum Gasteiger partial charge on any atom is -0.374 e. The second kappa shape index (κ2) is 7.75. The lowest BCUT2D eigenvalue weighted by Crippen LogP contribution is -2.46. The van der Waals surface area contributed by atoms with E-state index in [4.69, 9.17) is 9.47 Å². The van der Waals surface area contributed by atoms with Crippen LogP contribution in [-0.2, 0) is 22.6 Å². The summed E-state index contributed by atoms with van der Waals surface area (Å²) in [6, 6.07) is 8.35. The lowest BCUT2D eigenvalue weighted by molar-refractivity contribution is 0.0456. The van der Waals surface area contributed by atoms with Crippen molar-refractivity contribution in [3.8, 4) is 0 Å². The van der Waals surface area contributed by atoms with Gasteiger partial charge in [0.25, 0.3) is 0 Å². The highest BCUT2D eigenvalue weighted by molar-refractivity contribution is 5.74. The highest BCUT2D eigenvalue weighted by Crippen LogP contribution is 2.34. The molecule has 2 N–H and O–H groups in total. The molecule has 2 heterocycles. The molecule has 0 unspecified atom stereocenters. The monoisotopic (exact) mass is 344 g/mol. The van der Waals surface area contributed by atoms with Crippen molar-refractivity contribution in [3.63, 3.8) is 0 Å². The normalized spacial score (nSPS) is 28.4. The first-order valence-corrected chi connectivity index (χ1v) is 9.65. The van der Waals surface area contributed by atoms with Crippen LogP contribution in [0.15, 0.2) is 24.3 Å². The van der Waals surface area contributed by atoms with Crippen molar-refractivity contribution in [2.75, 3.05) is 0 Å². The zero-order chi connectivity index (χ0) is 17.1. The lowest BCUT2D eigenvalue weighted by Gasteiger charge is -2.20. The van der Waals surface area contributed by atoms with Crippen LogP contribution in [0.3, 0.4) is 0 Å². The number of hydrogen-bond donors (Lipinski definition) is 2. The van der Waals surface area contributed by atoms with Gasteiger partial charge in [0.2, 0.25) is 0 Å². The van der Waals surface area contributed by atoms with Crippen LogP contribution in [0.1, 0.15) is 56.1 Å². The van der Waals surface area contributed by atoms with Crippen molar-refractivity contribution >= 4 is 6.03 Å². The van der Waals surface area contributed by atoms with E-state index in [1.54, 1.807) is 0 Å². The van der Waals surface area contributed by atoms with Crippen molar-refractivity contribution < 1.29 is 14.3 Å². The number of carbonyl (C=O) groups is 1. The predicted molar refractivity (Wildman–Crippen MR) is 95.2 cm³/mol. The zero-order valence-electron chi connectivity index (χ0n) is 14.7. The van der Waals surface area contributed by atoms with Gasteiger partial charge in [0.15, 0.2) is 0 Å². The Morgan fingerprint density at radius 3 is 2.76 bits per heavy atom. The number of ether oxygens (including phenoxy) is 2. The fourth-order valence-corrected chi connectivity index (χ4v) is 4.29. The van der Waals surface area contributed by atoms with E-state index in [9.17, 15) is 4.79 Å². The Hall–Kier alpha value is -1.59. The molecule has 3 atom stereocenters. The Morgan fingerprint density at radius 2 is 2.00 bits per heavy atom. The first-order chi connectivity index (χ1) is 12.3. The summed E-state index contributed by atoms with van der Waals surface area (Å²) in [6.45, 7) is 1.19. The fourth-order valence-electron chi connectivity index (χ4n) is 4.29. The van der Waals surface area contributed by atoms with Crippen molar-refractivity contribution in [1.29, 1.82) is 0 Å². The van der Waals surface area contributed by atoms with E-state index in [1.807, 2.05) is 12.1 Å². The largest absolute Gasteiger partial charge is 0.374 e. The summed E-state index contributed by atoms with van der Waals surface area (Å²) in [4.78, 5) is 12.1. The molecule has 2 amide bonds. The molecule has 0 radical (unpaired) electrons. The predicted octanol–water partition coefficient (Wildman–Crippen LogP) is 3.26. The Balaban J connectivity index is 1.22. The summed E-state index contributed by atoms with van der Waals surface area (Å²) in [5.74, 6) is 0. The van der Waals surface area contributed by atoms with E-state index in [0.29, 0.717) is 25.4 Å². The van der Waals surface area contributed by atoms with E-state index in [1.165, 1.54) is 31.2 Å². The molecular formula is C20H28N2O3. The maximum absolute atomic E-state index is 12.1. The standard InChI is InChI=1S/C20H28N2O3/c23-20(22-18-11-17-8-9-19(18)25-17)21-12-14-4-3-5-15(10-14)13-24-16-6-1-2-7-16/h3-5,10,16-19H,1-2,6-9,11-13H2,(H2,21,22,23)/t17-,18+,19-/m1/s1. The summed E-state index contributed by atoms with van der Waals surface area (Å²) < 4.78 is 11.7. The quantitative estimate of drug-likeness (QED) is 0.833. The third-order valence-electron chi connectivity index (χ3n) is 5.65. The van der Waals surface area contributed by atoms with Gasteiger partial charge in [0.1, 0.15) is 0 Å². The Kier molecular flexibility index (Phi) is 5.22. The number of amides is 2. The average Bonchev–Trinajstić information content (AvgIpc) is 3.36. The van der Waals surface area contributed by atoms with Crippen LogP contribution in [0.4, 0.5) is 4.79 Å². The Bertz CT molecular complexity index is 600. The molecule has 25 heavy (non-hydrogen) atoms. The highest BCUT2D eigenvalue weighted by Gasteiger charge is 2.41. The molecule has 4 rings (SSSR count). The average molecular weight is 344 g/mol. The Labute approximate surface area is 149 Å². The number of benzene rings is 1. The van der Waals surface area contributed by atoms with Crippen molar-refractivity contribution in [1.82, 2.24) is 10.6 Å². The highest BCUT2D eigenvalue weighted by atomic mass is 16.5. The molecule has 5 heteroatoms. The summed E-state index contributed by atoms with van der Waals surface area (Å²) >= 11 is 0. The lowest BCUT2D eigenvalue weighted by atomic mass is 9.96. The molecule has 2 aliphatic heterocycles. The van der Waals surface area contributed by atoms with Crippen LogP contribution in [0.25, 0.3) is 0 Å². The van der Waals surface area contributed by atoms with Gasteiger partial charge in [-0.15, -0.1) is 0 Å². The van der Waals surface area contributed by atoms with E-state index in [-0.39, 0.29) is 18.2 Å². The van der Waals surface area contributed by atoms with Gasteiger partial charge in [-0.2, -0.15) is 0 Å². The second-order valence-corrected chi connectivity index (χ2v) is 7.58. The zero-order valence-corrected chi connectivity index (χ0v) is 14.7. The fraction of sp³-hybridized carbons (Fsp3) is 0.650. The van der Waals surface area contributed by atoms with Gasteiger partial charge in [-0.05, 0) is 43.2 Å². The van der Waals surface area contributed by atoms with Gasteiger partial charge in [-0.25, -0.2) is 4.79 Å². The van der Waals surface area contributed by atoms with Gasteiger partial charge in [0.05, 0.1) is 31.0 Å². The summed E-state index contributed by atoms with van der Waals surface area (Å²) in [7, 11) is 0. The van der Waals surface area contributed by atoms with Gasteiger partial charge >= 0.3 is 6.03 Å². The molecule has 1 saturated carbocycles. The summed E-state index contributed by atoms with van der Waals surface area (Å²) in [5.41, 5.74) is 2.28. The number of urea groups is 1. The number of fused-ring (bicyclic) bond motifs is 2. The molecule has 3 fully saturated rings. The first kappa shape index (κ1) is 16.9. The molecule has 1 aliphatic carbocycles. The maximum Gasteiger partial charge on any atom is 0.315 e. The molecule has 3 aliphatic rings. The van der Waals surface area contributed by atoms with Crippen LogP contribution < -0.4 is 10.6 Å². The number of nitrogens with one attached hydrogen (secondary N) is 2. The third kappa shape index (κ3) is 4.33. The summed E-state index contributed by atoms with van der Waals surface area (Å²) in [5, 5.41) is 6.02. The first-order valence-electron chi connectivity index (χ1n) is 9.65. The van der Waals surface area contributed by atoms with E-state index >= 15 is 0 Å². The minimum atomic E-state index is -0.103. The smallest absolute Gasteiger partial charge is 0.315 e. The molecule has 136 valence electrons. The van der Waals surface area contributed by atoms with Crippen LogP contribution in [0.2, 0.25) is 0 Å². The van der Waals surface area contributed by atoms with Crippen LogP contribution in [0, 0.1) is 0 Å². The van der Waals surface area contributed by atoms with Gasteiger partial charge in [0, 0.05) is 6.54 Å².